The Bertz CT molecular complexity index is 1150. The summed E-state index contributed by atoms with van der Waals surface area (Å²) in [6, 6.07) is 7.21. The topological polar surface area (TPSA) is 103 Å². The van der Waals surface area contributed by atoms with Crippen LogP contribution in [0, 0.1) is 0 Å². The molecule has 0 unspecified atom stereocenters. The molecule has 1 aromatic carbocycles. The molecule has 0 radical (unpaired) electrons. The molecule has 124 valence electrons. The maximum absolute atomic E-state index is 12.5. The predicted octanol–water partition coefficient (Wildman–Crippen LogP) is 0.433. The van der Waals surface area contributed by atoms with Crippen LogP contribution >= 0.6 is 0 Å². The Morgan fingerprint density at radius 1 is 1.08 bits per heavy atom. The molecule has 0 saturated carbocycles. The van der Waals surface area contributed by atoms with Crippen LogP contribution in [0.15, 0.2) is 57.2 Å². The average Bonchev–Trinajstić information content (AvgIpc) is 2.58. The molecular formula is C15H14N4O4S. The molecule has 24 heavy (non-hydrogen) atoms. The lowest BCUT2D eigenvalue weighted by Gasteiger charge is -2.10. The molecule has 0 amide bonds. The van der Waals surface area contributed by atoms with Gasteiger partial charge in [-0.3, -0.25) is 23.6 Å². The molecule has 0 atom stereocenters. The van der Waals surface area contributed by atoms with Crippen molar-refractivity contribution in [3.63, 3.8) is 0 Å². The number of rotatable bonds is 3. The molecule has 0 saturated heterocycles. The number of aryl methyl sites for hydroxylation is 1. The molecule has 9 heteroatoms. The quantitative estimate of drug-likeness (QED) is 0.741. The standard InChI is InChI=1S/C15H14N4O4S/c1-18-13-6-5-11(8-12(13)14(20)19(2)15(18)21)24(22,23)17-10-4-3-7-16-9-10/h3-9,17H,1-2H3. The van der Waals surface area contributed by atoms with Crippen molar-refractivity contribution in [2.24, 2.45) is 14.1 Å². The van der Waals surface area contributed by atoms with Crippen molar-refractivity contribution in [3.05, 3.63) is 63.6 Å². The Labute approximate surface area is 137 Å². The fourth-order valence-electron chi connectivity index (χ4n) is 2.38. The van der Waals surface area contributed by atoms with Crippen molar-refractivity contribution in [2.45, 2.75) is 4.90 Å². The van der Waals surface area contributed by atoms with E-state index in [1.165, 1.54) is 49.3 Å². The highest BCUT2D eigenvalue weighted by molar-refractivity contribution is 7.92. The first-order valence-corrected chi connectivity index (χ1v) is 8.42. The van der Waals surface area contributed by atoms with Gasteiger partial charge in [-0.05, 0) is 30.3 Å². The largest absolute Gasteiger partial charge is 0.330 e. The Kier molecular flexibility index (Phi) is 3.72. The molecule has 2 heterocycles. The Morgan fingerprint density at radius 2 is 1.83 bits per heavy atom. The van der Waals surface area contributed by atoms with Crippen molar-refractivity contribution in [1.82, 2.24) is 14.1 Å². The molecule has 2 aromatic heterocycles. The van der Waals surface area contributed by atoms with Crippen molar-refractivity contribution >= 4 is 26.6 Å². The van der Waals surface area contributed by atoms with Crippen LogP contribution in [0.25, 0.3) is 10.9 Å². The first-order chi connectivity index (χ1) is 11.3. The lowest BCUT2D eigenvalue weighted by Crippen LogP contribution is -2.37. The first kappa shape index (κ1) is 15.9. The van der Waals surface area contributed by atoms with E-state index in [2.05, 4.69) is 9.71 Å². The van der Waals surface area contributed by atoms with Crippen LogP contribution in [0.3, 0.4) is 0 Å². The highest BCUT2D eigenvalue weighted by Crippen LogP contribution is 2.18. The van der Waals surface area contributed by atoms with Gasteiger partial charge < -0.3 is 0 Å². The van der Waals surface area contributed by atoms with Gasteiger partial charge in [0.25, 0.3) is 15.6 Å². The molecule has 8 nitrogen and oxygen atoms in total. The van der Waals surface area contributed by atoms with E-state index in [1.807, 2.05) is 0 Å². The van der Waals surface area contributed by atoms with Gasteiger partial charge in [-0.2, -0.15) is 0 Å². The second kappa shape index (κ2) is 5.60. The second-order valence-corrected chi connectivity index (χ2v) is 6.91. The van der Waals surface area contributed by atoms with Gasteiger partial charge in [-0.15, -0.1) is 0 Å². The van der Waals surface area contributed by atoms with Crippen LogP contribution in [-0.4, -0.2) is 22.5 Å². The molecule has 1 N–H and O–H groups in total. The number of pyridine rings is 1. The summed E-state index contributed by atoms with van der Waals surface area (Å²) in [5.74, 6) is 0. The van der Waals surface area contributed by atoms with E-state index in [4.69, 9.17) is 0 Å². The minimum absolute atomic E-state index is 0.0744. The molecule has 3 aromatic rings. The summed E-state index contributed by atoms with van der Waals surface area (Å²) in [6.45, 7) is 0. The molecule has 3 rings (SSSR count). The minimum Gasteiger partial charge on any atom is -0.296 e. The fourth-order valence-corrected chi connectivity index (χ4v) is 3.45. The fraction of sp³-hybridized carbons (Fsp3) is 0.133. The van der Waals surface area contributed by atoms with Gasteiger partial charge in [0, 0.05) is 20.3 Å². The first-order valence-electron chi connectivity index (χ1n) is 6.94. The molecule has 0 bridgehead atoms. The average molecular weight is 346 g/mol. The van der Waals surface area contributed by atoms with Gasteiger partial charge in [0.05, 0.1) is 27.7 Å². The van der Waals surface area contributed by atoms with E-state index >= 15 is 0 Å². The van der Waals surface area contributed by atoms with Crippen LogP contribution in [0.5, 0.6) is 0 Å². The zero-order chi connectivity index (χ0) is 17.5. The maximum atomic E-state index is 12.5. The highest BCUT2D eigenvalue weighted by atomic mass is 32.2. The van der Waals surface area contributed by atoms with Gasteiger partial charge >= 0.3 is 5.69 Å². The van der Waals surface area contributed by atoms with E-state index in [9.17, 15) is 18.0 Å². The molecule has 0 spiro atoms. The highest BCUT2D eigenvalue weighted by Gasteiger charge is 2.17. The summed E-state index contributed by atoms with van der Waals surface area (Å²) >= 11 is 0. The van der Waals surface area contributed by atoms with Crippen LogP contribution in [0.4, 0.5) is 5.69 Å². The van der Waals surface area contributed by atoms with Crippen LogP contribution in [-0.2, 0) is 24.1 Å². The van der Waals surface area contributed by atoms with Crippen molar-refractivity contribution in [2.75, 3.05) is 4.72 Å². The summed E-state index contributed by atoms with van der Waals surface area (Å²) in [6.07, 6.45) is 2.90. The summed E-state index contributed by atoms with van der Waals surface area (Å²) in [7, 11) is -1.02. The van der Waals surface area contributed by atoms with E-state index in [0.717, 1.165) is 4.57 Å². The Balaban J connectivity index is 2.18. The lowest BCUT2D eigenvalue weighted by molar-refractivity contribution is 0.601. The van der Waals surface area contributed by atoms with E-state index < -0.39 is 21.3 Å². The van der Waals surface area contributed by atoms with E-state index in [0.29, 0.717) is 11.2 Å². The molecule has 0 aliphatic carbocycles. The molecular weight excluding hydrogens is 332 g/mol. The number of sulfonamides is 1. The number of aromatic nitrogens is 3. The van der Waals surface area contributed by atoms with Gasteiger partial charge in [0.15, 0.2) is 0 Å². The second-order valence-electron chi connectivity index (χ2n) is 5.23. The van der Waals surface area contributed by atoms with Crippen molar-refractivity contribution in [3.8, 4) is 0 Å². The third-order valence-electron chi connectivity index (χ3n) is 3.66. The number of fused-ring (bicyclic) bond motifs is 1. The van der Waals surface area contributed by atoms with Crippen LogP contribution in [0.2, 0.25) is 0 Å². The number of anilines is 1. The Hall–Kier alpha value is -2.94. The van der Waals surface area contributed by atoms with Gasteiger partial charge in [-0.25, -0.2) is 13.2 Å². The number of nitrogens with one attached hydrogen (secondary N) is 1. The zero-order valence-corrected chi connectivity index (χ0v) is 13.7. The SMILES string of the molecule is Cn1c(=O)c2cc(S(=O)(=O)Nc3cccnc3)ccc2n(C)c1=O. The van der Waals surface area contributed by atoms with E-state index in [1.54, 1.807) is 12.1 Å². The lowest BCUT2D eigenvalue weighted by atomic mass is 10.2. The van der Waals surface area contributed by atoms with Crippen molar-refractivity contribution < 1.29 is 8.42 Å². The van der Waals surface area contributed by atoms with Gasteiger partial charge in [0.2, 0.25) is 0 Å². The van der Waals surface area contributed by atoms with Gasteiger partial charge in [-0.1, -0.05) is 0 Å². The number of hydrogen-bond donors (Lipinski definition) is 1. The summed E-state index contributed by atoms with van der Waals surface area (Å²) in [4.78, 5) is 27.9. The normalized spacial score (nSPS) is 11.6. The monoisotopic (exact) mass is 346 g/mol. The molecule has 0 aliphatic rings. The summed E-state index contributed by atoms with van der Waals surface area (Å²) < 4.78 is 29.6. The van der Waals surface area contributed by atoms with Crippen LogP contribution in [0.1, 0.15) is 0 Å². The van der Waals surface area contributed by atoms with Crippen molar-refractivity contribution in [1.29, 1.82) is 0 Å². The molecule has 0 fully saturated rings. The summed E-state index contributed by atoms with van der Waals surface area (Å²) in [5, 5.41) is 0.147. The zero-order valence-electron chi connectivity index (χ0n) is 12.9. The number of hydrogen-bond acceptors (Lipinski definition) is 5. The smallest absolute Gasteiger partial charge is 0.296 e. The van der Waals surface area contributed by atoms with Crippen LogP contribution < -0.4 is 16.0 Å². The number of benzene rings is 1. The third kappa shape index (κ3) is 2.58. The maximum Gasteiger partial charge on any atom is 0.330 e. The minimum atomic E-state index is -3.88. The summed E-state index contributed by atoms with van der Waals surface area (Å²) in [5.41, 5.74) is -0.350. The van der Waals surface area contributed by atoms with E-state index in [-0.39, 0.29) is 10.3 Å². The number of nitrogens with zero attached hydrogens (tertiary/aromatic N) is 3. The third-order valence-corrected chi connectivity index (χ3v) is 5.04. The Morgan fingerprint density at radius 3 is 2.50 bits per heavy atom. The molecule has 0 aliphatic heterocycles. The van der Waals surface area contributed by atoms with Gasteiger partial charge in [0.1, 0.15) is 0 Å². The predicted molar refractivity (Wildman–Crippen MR) is 89.5 cm³/mol.